The summed E-state index contributed by atoms with van der Waals surface area (Å²) in [4.78, 5) is 9.96. The van der Waals surface area contributed by atoms with E-state index in [-0.39, 0.29) is 23.3 Å². The smallest absolute Gasteiger partial charge is 0.289 e. The molecule has 1 aliphatic rings. The molecule has 2 rings (SSSR count). The summed E-state index contributed by atoms with van der Waals surface area (Å²) in [5.41, 5.74) is -0.422. The van der Waals surface area contributed by atoms with Crippen LogP contribution in [0.25, 0.3) is 0 Å². The lowest BCUT2D eigenvalue weighted by Gasteiger charge is -2.23. The van der Waals surface area contributed by atoms with Crippen molar-refractivity contribution >= 4 is 44.0 Å². The fourth-order valence-corrected chi connectivity index (χ4v) is 4.09. The summed E-state index contributed by atoms with van der Waals surface area (Å²) < 4.78 is 27.7. The molecular formula is C11H15BrClN3O4S. The van der Waals surface area contributed by atoms with Crippen LogP contribution in [0.1, 0.15) is 12.8 Å². The average molecular weight is 401 g/mol. The normalized spacial score (nSPS) is 16.2. The minimum atomic E-state index is -3.91. The Balaban J connectivity index is 0.00000220. The summed E-state index contributed by atoms with van der Waals surface area (Å²) in [6.45, 7) is 1.46. The van der Waals surface area contributed by atoms with E-state index in [1.54, 1.807) is 0 Å². The Morgan fingerprint density at radius 1 is 1.33 bits per heavy atom. The summed E-state index contributed by atoms with van der Waals surface area (Å²) in [5, 5.41) is 14.1. The molecular weight excluding hydrogens is 386 g/mol. The minimum Gasteiger partial charge on any atom is -0.317 e. The van der Waals surface area contributed by atoms with Crippen LogP contribution in [0.15, 0.2) is 27.6 Å². The van der Waals surface area contributed by atoms with Crippen LogP contribution in [0.3, 0.4) is 0 Å². The number of halogens is 2. The quantitative estimate of drug-likeness (QED) is 0.593. The summed E-state index contributed by atoms with van der Waals surface area (Å²) in [5.74, 6) is 0. The molecule has 0 saturated carbocycles. The third kappa shape index (κ3) is 4.62. The Morgan fingerprint density at radius 2 is 1.95 bits per heavy atom. The number of hydrogen-bond acceptors (Lipinski definition) is 5. The standard InChI is InChI=1S/C11H14BrN3O4S.ClH/c12-8-1-2-10(15(16)17)11(7-8)20(18,19)14-9-3-5-13-6-4-9;/h1-2,7,9,13-14H,3-6H2;1H. The minimum absolute atomic E-state index is 0. The zero-order valence-corrected chi connectivity index (χ0v) is 14.1. The van der Waals surface area contributed by atoms with Gasteiger partial charge in [0.2, 0.25) is 10.0 Å². The van der Waals surface area contributed by atoms with E-state index < -0.39 is 20.6 Å². The first-order valence-electron chi connectivity index (χ1n) is 6.07. The molecule has 1 fully saturated rings. The van der Waals surface area contributed by atoms with Crippen LogP contribution in [-0.2, 0) is 10.0 Å². The van der Waals surface area contributed by atoms with Gasteiger partial charge in [0.05, 0.1) is 4.92 Å². The Kier molecular flexibility index (Phi) is 6.54. The first-order chi connectivity index (χ1) is 9.40. The molecule has 0 amide bonds. The largest absolute Gasteiger partial charge is 0.317 e. The lowest BCUT2D eigenvalue weighted by molar-refractivity contribution is -0.387. The van der Waals surface area contributed by atoms with Crippen LogP contribution >= 0.6 is 28.3 Å². The van der Waals surface area contributed by atoms with Gasteiger partial charge in [-0.3, -0.25) is 10.1 Å². The maximum atomic E-state index is 12.3. The number of nitrogens with one attached hydrogen (secondary N) is 2. The second-order valence-electron chi connectivity index (χ2n) is 4.51. The highest BCUT2D eigenvalue weighted by Gasteiger charge is 2.28. The van der Waals surface area contributed by atoms with E-state index in [2.05, 4.69) is 26.0 Å². The van der Waals surface area contributed by atoms with Crippen molar-refractivity contribution in [3.63, 3.8) is 0 Å². The van der Waals surface area contributed by atoms with E-state index in [1.165, 1.54) is 18.2 Å². The summed E-state index contributed by atoms with van der Waals surface area (Å²) in [7, 11) is -3.91. The van der Waals surface area contributed by atoms with Gasteiger partial charge in [-0.25, -0.2) is 13.1 Å². The van der Waals surface area contributed by atoms with E-state index >= 15 is 0 Å². The number of hydrogen-bond donors (Lipinski definition) is 2. The number of nitro benzene ring substituents is 1. The lowest BCUT2D eigenvalue weighted by atomic mass is 10.1. The summed E-state index contributed by atoms with van der Waals surface area (Å²) >= 11 is 3.14. The van der Waals surface area contributed by atoms with Crippen molar-refractivity contribution in [3.8, 4) is 0 Å². The average Bonchev–Trinajstić information content (AvgIpc) is 2.39. The van der Waals surface area contributed by atoms with Gasteiger partial charge < -0.3 is 5.32 Å². The predicted octanol–water partition coefficient (Wildman–Crippen LogP) is 1.81. The molecule has 7 nitrogen and oxygen atoms in total. The number of rotatable bonds is 4. The van der Waals surface area contributed by atoms with Crippen LogP contribution in [0.4, 0.5) is 5.69 Å². The van der Waals surface area contributed by atoms with Crippen molar-refractivity contribution in [2.45, 2.75) is 23.8 Å². The third-order valence-corrected chi connectivity index (χ3v) is 5.11. The molecule has 21 heavy (non-hydrogen) atoms. The molecule has 0 atom stereocenters. The molecule has 2 N–H and O–H groups in total. The maximum Gasteiger partial charge on any atom is 0.289 e. The van der Waals surface area contributed by atoms with Crippen LogP contribution < -0.4 is 10.0 Å². The van der Waals surface area contributed by atoms with Gasteiger partial charge in [0.15, 0.2) is 4.90 Å². The van der Waals surface area contributed by atoms with Gasteiger partial charge in [-0.2, -0.15) is 0 Å². The van der Waals surface area contributed by atoms with Gasteiger partial charge in [-0.1, -0.05) is 15.9 Å². The molecule has 0 bridgehead atoms. The maximum absolute atomic E-state index is 12.3. The zero-order chi connectivity index (χ0) is 14.8. The first-order valence-corrected chi connectivity index (χ1v) is 8.35. The van der Waals surface area contributed by atoms with Gasteiger partial charge in [0, 0.05) is 16.6 Å². The highest BCUT2D eigenvalue weighted by Crippen LogP contribution is 2.27. The highest BCUT2D eigenvalue weighted by molar-refractivity contribution is 9.10. The van der Waals surface area contributed by atoms with Gasteiger partial charge in [-0.05, 0) is 38.1 Å². The van der Waals surface area contributed by atoms with Crippen LogP contribution in [0, 0.1) is 10.1 Å². The van der Waals surface area contributed by atoms with E-state index in [9.17, 15) is 18.5 Å². The molecule has 1 heterocycles. The van der Waals surface area contributed by atoms with Gasteiger partial charge in [0.25, 0.3) is 5.69 Å². The number of piperidine rings is 1. The van der Waals surface area contributed by atoms with E-state index in [4.69, 9.17) is 0 Å². The topological polar surface area (TPSA) is 101 Å². The lowest BCUT2D eigenvalue weighted by Crippen LogP contribution is -2.42. The number of benzene rings is 1. The second-order valence-corrected chi connectivity index (χ2v) is 7.11. The number of nitrogens with zero attached hydrogens (tertiary/aromatic N) is 1. The Labute approximate surface area is 137 Å². The fourth-order valence-electron chi connectivity index (χ4n) is 2.08. The number of nitro groups is 1. The van der Waals surface area contributed by atoms with Gasteiger partial charge in [0.1, 0.15) is 0 Å². The Bertz CT molecular complexity index is 620. The molecule has 0 spiro atoms. The summed E-state index contributed by atoms with van der Waals surface area (Å²) in [6.07, 6.45) is 1.34. The van der Waals surface area contributed by atoms with Crippen LogP contribution in [0.2, 0.25) is 0 Å². The van der Waals surface area contributed by atoms with Crippen molar-refractivity contribution in [1.29, 1.82) is 0 Å². The Morgan fingerprint density at radius 3 is 2.52 bits per heavy atom. The molecule has 0 aromatic heterocycles. The fraction of sp³-hybridized carbons (Fsp3) is 0.455. The van der Waals surface area contributed by atoms with Crippen LogP contribution in [-0.4, -0.2) is 32.5 Å². The molecule has 0 aliphatic carbocycles. The molecule has 1 aromatic carbocycles. The number of sulfonamides is 1. The Hall–Kier alpha value is -0.740. The van der Waals surface area contributed by atoms with Crippen molar-refractivity contribution < 1.29 is 13.3 Å². The molecule has 1 aliphatic heterocycles. The monoisotopic (exact) mass is 399 g/mol. The molecule has 118 valence electrons. The van der Waals surface area contributed by atoms with Gasteiger partial charge in [-0.15, -0.1) is 12.4 Å². The predicted molar refractivity (Wildman–Crippen MR) is 84.3 cm³/mol. The molecule has 1 aromatic rings. The molecule has 0 radical (unpaired) electrons. The summed E-state index contributed by atoms with van der Waals surface area (Å²) in [6, 6.07) is 3.68. The van der Waals surface area contributed by atoms with Crippen molar-refractivity contribution in [2.24, 2.45) is 0 Å². The van der Waals surface area contributed by atoms with Gasteiger partial charge >= 0.3 is 0 Å². The van der Waals surface area contributed by atoms with E-state index in [0.29, 0.717) is 17.3 Å². The first kappa shape index (κ1) is 18.3. The van der Waals surface area contributed by atoms with Crippen molar-refractivity contribution in [3.05, 3.63) is 32.8 Å². The van der Waals surface area contributed by atoms with Crippen molar-refractivity contribution in [2.75, 3.05) is 13.1 Å². The van der Waals surface area contributed by atoms with Crippen LogP contribution in [0.5, 0.6) is 0 Å². The SMILES string of the molecule is Cl.O=[N+]([O-])c1ccc(Br)cc1S(=O)(=O)NC1CCNCC1. The zero-order valence-electron chi connectivity index (χ0n) is 10.9. The molecule has 1 saturated heterocycles. The molecule has 10 heteroatoms. The van der Waals surface area contributed by atoms with Crippen molar-refractivity contribution in [1.82, 2.24) is 10.0 Å². The third-order valence-electron chi connectivity index (χ3n) is 3.07. The van der Waals surface area contributed by atoms with E-state index in [1.807, 2.05) is 0 Å². The van der Waals surface area contributed by atoms with E-state index in [0.717, 1.165) is 13.1 Å². The molecule has 0 unspecified atom stereocenters. The second kappa shape index (κ2) is 7.50. The highest BCUT2D eigenvalue weighted by atomic mass is 79.9.